The van der Waals surface area contributed by atoms with E-state index in [0.29, 0.717) is 5.56 Å². The Bertz CT molecular complexity index is 1090. The molecule has 0 aliphatic heterocycles. The van der Waals surface area contributed by atoms with Crippen LogP contribution in [0.3, 0.4) is 0 Å². The van der Waals surface area contributed by atoms with Crippen LogP contribution in [0.1, 0.15) is 16.1 Å². The highest BCUT2D eigenvalue weighted by Gasteiger charge is 2.30. The summed E-state index contributed by atoms with van der Waals surface area (Å²) < 4.78 is 39.4. The van der Waals surface area contributed by atoms with Crippen molar-refractivity contribution in [1.82, 2.24) is 4.98 Å². The van der Waals surface area contributed by atoms with Gasteiger partial charge in [0.25, 0.3) is 0 Å². The molecule has 4 rings (SSSR count). The molecule has 0 unspecified atom stereocenters. The van der Waals surface area contributed by atoms with Crippen LogP contribution in [-0.4, -0.2) is 4.98 Å². The fourth-order valence-electron chi connectivity index (χ4n) is 2.74. The second-order valence-corrected chi connectivity index (χ2v) is 6.70. The maximum Gasteiger partial charge on any atom is 0.416 e. The van der Waals surface area contributed by atoms with Crippen molar-refractivity contribution in [3.05, 3.63) is 76.8 Å². The number of aromatic nitrogens is 1. The minimum atomic E-state index is -4.33. The Morgan fingerprint density at radius 1 is 0.880 bits per heavy atom. The molecule has 0 amide bonds. The fraction of sp³-hybridized carbons (Fsp3) is 0.0500. The Hall–Kier alpha value is -2.66. The van der Waals surface area contributed by atoms with Gasteiger partial charge in [0, 0.05) is 5.39 Å². The largest absolute Gasteiger partial charge is 0.416 e. The van der Waals surface area contributed by atoms with Gasteiger partial charge in [0.15, 0.2) is 0 Å². The number of halogens is 3. The van der Waals surface area contributed by atoms with Crippen LogP contribution in [0.15, 0.2) is 60.7 Å². The first-order valence-corrected chi connectivity index (χ1v) is 8.46. The number of nitrogens with zero attached hydrogens (tertiary/aromatic N) is 1. The van der Waals surface area contributed by atoms with E-state index >= 15 is 0 Å². The number of hydrogen-bond acceptors (Lipinski definition) is 2. The number of rotatable bonds is 2. The van der Waals surface area contributed by atoms with E-state index in [0.717, 1.165) is 38.1 Å². The van der Waals surface area contributed by atoms with Crippen LogP contribution >= 0.6 is 11.3 Å². The summed E-state index contributed by atoms with van der Waals surface area (Å²) in [6, 6.07) is 17.4. The van der Waals surface area contributed by atoms with Crippen LogP contribution in [0, 0.1) is 0 Å². The lowest BCUT2D eigenvalue weighted by atomic mass is 10.1. The standard InChI is InChI=1S/C20H12F3NS/c21-20(22,23)15-6-3-4-13(12-15)8-11-18-24-19-16-7-2-1-5-14(16)9-10-17(19)25-18/h1-12H. The summed E-state index contributed by atoms with van der Waals surface area (Å²) in [5.74, 6) is 0. The van der Waals surface area contributed by atoms with Crippen LogP contribution in [0.25, 0.3) is 33.1 Å². The fourth-order valence-corrected chi connectivity index (χ4v) is 3.62. The zero-order chi connectivity index (χ0) is 17.4. The third kappa shape index (κ3) is 3.15. The molecule has 0 saturated heterocycles. The summed E-state index contributed by atoms with van der Waals surface area (Å²) in [7, 11) is 0. The van der Waals surface area contributed by atoms with Gasteiger partial charge in [-0.25, -0.2) is 4.98 Å². The number of alkyl halides is 3. The molecule has 124 valence electrons. The molecular weight excluding hydrogens is 343 g/mol. The van der Waals surface area contributed by atoms with Crippen LogP contribution in [0.2, 0.25) is 0 Å². The van der Waals surface area contributed by atoms with Crippen molar-refractivity contribution in [3.63, 3.8) is 0 Å². The highest BCUT2D eigenvalue weighted by Crippen LogP contribution is 2.31. The molecule has 0 aliphatic rings. The van der Waals surface area contributed by atoms with E-state index < -0.39 is 11.7 Å². The van der Waals surface area contributed by atoms with Gasteiger partial charge < -0.3 is 0 Å². The van der Waals surface area contributed by atoms with E-state index in [9.17, 15) is 13.2 Å². The third-order valence-electron chi connectivity index (χ3n) is 3.93. The van der Waals surface area contributed by atoms with Crippen LogP contribution in [0.5, 0.6) is 0 Å². The van der Waals surface area contributed by atoms with Crippen LogP contribution in [0.4, 0.5) is 13.2 Å². The van der Waals surface area contributed by atoms with Crippen molar-refractivity contribution in [3.8, 4) is 0 Å². The minimum Gasteiger partial charge on any atom is -0.236 e. The third-order valence-corrected chi connectivity index (χ3v) is 4.92. The van der Waals surface area contributed by atoms with Gasteiger partial charge in [-0.1, -0.05) is 48.5 Å². The minimum absolute atomic E-state index is 0.499. The molecule has 1 heterocycles. The molecular formula is C20H12F3NS. The maximum absolute atomic E-state index is 12.8. The Morgan fingerprint density at radius 3 is 2.56 bits per heavy atom. The molecule has 0 bridgehead atoms. The molecule has 1 nitrogen and oxygen atoms in total. The van der Waals surface area contributed by atoms with Gasteiger partial charge in [-0.05, 0) is 35.2 Å². The molecule has 4 aromatic rings. The summed E-state index contributed by atoms with van der Waals surface area (Å²) in [5.41, 5.74) is 0.774. The SMILES string of the molecule is FC(F)(F)c1cccc(C=Cc2nc3c(ccc4ccccc43)s2)c1. The smallest absolute Gasteiger partial charge is 0.236 e. The van der Waals surface area contributed by atoms with Crippen molar-refractivity contribution in [2.24, 2.45) is 0 Å². The van der Waals surface area contributed by atoms with Crippen molar-refractivity contribution in [1.29, 1.82) is 0 Å². The van der Waals surface area contributed by atoms with Gasteiger partial charge in [-0.2, -0.15) is 13.2 Å². The van der Waals surface area contributed by atoms with Gasteiger partial charge in [-0.3, -0.25) is 0 Å². The zero-order valence-corrected chi connectivity index (χ0v) is 13.7. The second kappa shape index (κ2) is 6.01. The predicted molar refractivity (Wildman–Crippen MR) is 97.5 cm³/mol. The number of thiazole rings is 1. The van der Waals surface area contributed by atoms with Gasteiger partial charge in [0.05, 0.1) is 15.8 Å². The number of benzene rings is 3. The van der Waals surface area contributed by atoms with Gasteiger partial charge in [0.1, 0.15) is 5.01 Å². The molecule has 0 radical (unpaired) electrons. The van der Waals surface area contributed by atoms with Crippen molar-refractivity contribution < 1.29 is 13.2 Å². The summed E-state index contributed by atoms with van der Waals surface area (Å²) in [4.78, 5) is 4.64. The zero-order valence-electron chi connectivity index (χ0n) is 12.9. The lowest BCUT2D eigenvalue weighted by Crippen LogP contribution is -2.04. The quantitative estimate of drug-likeness (QED) is 0.393. The van der Waals surface area contributed by atoms with E-state index in [-0.39, 0.29) is 0 Å². The maximum atomic E-state index is 12.8. The van der Waals surface area contributed by atoms with Crippen LogP contribution < -0.4 is 0 Å². The van der Waals surface area contributed by atoms with Gasteiger partial charge in [-0.15, -0.1) is 11.3 Å². The topological polar surface area (TPSA) is 12.9 Å². The molecule has 0 saturated carbocycles. The Labute approximate surface area is 146 Å². The lowest BCUT2D eigenvalue weighted by Gasteiger charge is -2.06. The second-order valence-electron chi connectivity index (χ2n) is 5.64. The van der Waals surface area contributed by atoms with E-state index in [1.165, 1.54) is 17.4 Å². The molecule has 5 heteroatoms. The van der Waals surface area contributed by atoms with Gasteiger partial charge >= 0.3 is 6.18 Å². The first kappa shape index (κ1) is 15.8. The Morgan fingerprint density at radius 2 is 1.72 bits per heavy atom. The van der Waals surface area contributed by atoms with Crippen LogP contribution in [-0.2, 0) is 6.18 Å². The molecule has 0 N–H and O–H groups in total. The first-order valence-electron chi connectivity index (χ1n) is 7.64. The van der Waals surface area contributed by atoms with E-state index in [1.807, 2.05) is 30.3 Å². The molecule has 3 aromatic carbocycles. The van der Waals surface area contributed by atoms with Crippen molar-refractivity contribution in [2.45, 2.75) is 6.18 Å². The number of fused-ring (bicyclic) bond motifs is 3. The summed E-state index contributed by atoms with van der Waals surface area (Å²) in [6.45, 7) is 0. The molecule has 1 aromatic heterocycles. The van der Waals surface area contributed by atoms with E-state index in [1.54, 1.807) is 18.2 Å². The molecule has 0 fully saturated rings. The monoisotopic (exact) mass is 355 g/mol. The van der Waals surface area contributed by atoms with Crippen molar-refractivity contribution in [2.75, 3.05) is 0 Å². The van der Waals surface area contributed by atoms with Gasteiger partial charge in [0.2, 0.25) is 0 Å². The summed E-state index contributed by atoms with van der Waals surface area (Å²) >= 11 is 1.52. The van der Waals surface area contributed by atoms with E-state index in [4.69, 9.17) is 0 Å². The average molecular weight is 355 g/mol. The van der Waals surface area contributed by atoms with Crippen molar-refractivity contribution >= 4 is 44.5 Å². The van der Waals surface area contributed by atoms with E-state index in [2.05, 4.69) is 11.1 Å². The normalized spacial score (nSPS) is 12.4. The Balaban J connectivity index is 1.71. The lowest BCUT2D eigenvalue weighted by molar-refractivity contribution is -0.137. The first-order chi connectivity index (χ1) is 12.0. The highest BCUT2D eigenvalue weighted by atomic mass is 32.1. The predicted octanol–water partition coefficient (Wildman–Crippen LogP) is 6.64. The molecule has 0 aliphatic carbocycles. The average Bonchev–Trinajstić information content (AvgIpc) is 3.03. The number of hydrogen-bond donors (Lipinski definition) is 0. The molecule has 0 spiro atoms. The molecule has 25 heavy (non-hydrogen) atoms. The highest BCUT2D eigenvalue weighted by molar-refractivity contribution is 7.19. The summed E-state index contributed by atoms with van der Waals surface area (Å²) in [5, 5.41) is 2.97. The summed E-state index contributed by atoms with van der Waals surface area (Å²) in [6.07, 6.45) is -0.914. The Kier molecular flexibility index (Phi) is 3.81. The molecule has 0 atom stereocenters.